The maximum absolute atomic E-state index is 12.3. The summed E-state index contributed by atoms with van der Waals surface area (Å²) in [6.45, 7) is 1.38. The van der Waals surface area contributed by atoms with Crippen LogP contribution in [0.25, 0.3) is 0 Å². The molecule has 0 spiro atoms. The molecule has 0 aromatic carbocycles. The Balaban J connectivity index is 1.76. The van der Waals surface area contributed by atoms with Crippen molar-refractivity contribution in [3.63, 3.8) is 0 Å². The van der Waals surface area contributed by atoms with Gasteiger partial charge >= 0.3 is 0 Å². The number of aryl methyl sites for hydroxylation is 1. The van der Waals surface area contributed by atoms with Crippen molar-refractivity contribution in [2.45, 2.75) is 38.2 Å². The molecule has 1 fully saturated rings. The molecule has 1 aliphatic heterocycles. The lowest BCUT2D eigenvalue weighted by atomic mass is 10.1. The van der Waals surface area contributed by atoms with Gasteiger partial charge in [0.05, 0.1) is 6.10 Å². The summed E-state index contributed by atoms with van der Waals surface area (Å²) in [5, 5.41) is 7.28. The molecule has 0 saturated carbocycles. The molecule has 2 heterocycles. The second-order valence-electron chi connectivity index (χ2n) is 5.16. The number of hydrogen-bond acceptors (Lipinski definition) is 3. The van der Waals surface area contributed by atoms with E-state index in [9.17, 15) is 4.79 Å². The second kappa shape index (κ2) is 4.72. The van der Waals surface area contributed by atoms with Crippen molar-refractivity contribution in [3.05, 3.63) is 17.0 Å². The Labute approximate surface area is 107 Å². The number of rotatable bonds is 2. The van der Waals surface area contributed by atoms with E-state index in [1.807, 2.05) is 4.90 Å². The number of carbonyl (C=O) groups is 1. The molecule has 0 radical (unpaired) electrons. The third-order valence-electron chi connectivity index (χ3n) is 3.98. The van der Waals surface area contributed by atoms with Gasteiger partial charge in [0, 0.05) is 31.5 Å². The summed E-state index contributed by atoms with van der Waals surface area (Å²) in [6.07, 6.45) is 5.80. The third-order valence-corrected chi connectivity index (χ3v) is 3.98. The van der Waals surface area contributed by atoms with E-state index < -0.39 is 0 Å². The molecule has 18 heavy (non-hydrogen) atoms. The average molecular weight is 249 g/mol. The van der Waals surface area contributed by atoms with Crippen molar-refractivity contribution < 1.29 is 9.53 Å². The van der Waals surface area contributed by atoms with Gasteiger partial charge in [-0.25, -0.2) is 0 Å². The van der Waals surface area contributed by atoms with E-state index in [1.165, 1.54) is 18.5 Å². The fourth-order valence-corrected chi connectivity index (χ4v) is 2.74. The molecule has 5 heteroatoms. The number of aromatic nitrogens is 2. The number of methoxy groups -OCH3 is 1. The van der Waals surface area contributed by atoms with Gasteiger partial charge in [-0.05, 0) is 25.7 Å². The Morgan fingerprint density at radius 3 is 2.89 bits per heavy atom. The normalized spacial score (nSPS) is 20.2. The van der Waals surface area contributed by atoms with Gasteiger partial charge in [0.2, 0.25) is 0 Å². The fourth-order valence-electron chi connectivity index (χ4n) is 2.74. The van der Waals surface area contributed by atoms with E-state index in [0.29, 0.717) is 18.8 Å². The highest BCUT2D eigenvalue weighted by Crippen LogP contribution is 2.24. The molecule has 2 aliphatic rings. The summed E-state index contributed by atoms with van der Waals surface area (Å²) < 4.78 is 5.19. The minimum Gasteiger partial charge on any atom is -0.378 e. The van der Waals surface area contributed by atoms with E-state index in [2.05, 4.69) is 10.2 Å². The van der Waals surface area contributed by atoms with Crippen molar-refractivity contribution in [1.82, 2.24) is 15.1 Å². The number of nitrogens with one attached hydrogen (secondary N) is 1. The zero-order valence-corrected chi connectivity index (χ0v) is 10.7. The van der Waals surface area contributed by atoms with Crippen LogP contribution in [0.2, 0.25) is 0 Å². The maximum atomic E-state index is 12.3. The van der Waals surface area contributed by atoms with Crippen molar-refractivity contribution in [2.24, 2.45) is 0 Å². The number of amides is 1. The van der Waals surface area contributed by atoms with Gasteiger partial charge in [0.25, 0.3) is 5.91 Å². The van der Waals surface area contributed by atoms with Gasteiger partial charge in [-0.1, -0.05) is 6.42 Å². The van der Waals surface area contributed by atoms with Crippen LogP contribution < -0.4 is 0 Å². The Morgan fingerprint density at radius 1 is 1.33 bits per heavy atom. The topological polar surface area (TPSA) is 58.2 Å². The van der Waals surface area contributed by atoms with Crippen LogP contribution in [0.4, 0.5) is 0 Å². The second-order valence-corrected chi connectivity index (χ2v) is 5.16. The van der Waals surface area contributed by atoms with Crippen LogP contribution in [0, 0.1) is 0 Å². The lowest BCUT2D eigenvalue weighted by molar-refractivity contribution is -0.0195. The molecule has 1 aromatic rings. The summed E-state index contributed by atoms with van der Waals surface area (Å²) in [5.74, 6) is 0.0581. The zero-order valence-electron chi connectivity index (χ0n) is 10.7. The third kappa shape index (κ3) is 1.92. The number of ether oxygens (including phenoxy) is 1. The quantitative estimate of drug-likeness (QED) is 0.800. The van der Waals surface area contributed by atoms with Gasteiger partial charge < -0.3 is 9.64 Å². The summed E-state index contributed by atoms with van der Waals surface area (Å²) >= 11 is 0. The highest BCUT2D eigenvalue weighted by Gasteiger charge is 2.34. The highest BCUT2D eigenvalue weighted by molar-refractivity contribution is 5.94. The molecule has 1 N–H and O–H groups in total. The molecular weight excluding hydrogens is 230 g/mol. The number of carbonyl (C=O) groups excluding carboxylic acids is 1. The van der Waals surface area contributed by atoms with Crippen LogP contribution in [0.1, 0.15) is 41.0 Å². The molecular formula is C13H19N3O2. The number of hydrogen-bond donors (Lipinski definition) is 1. The molecule has 3 rings (SSSR count). The SMILES string of the molecule is COC1CN(C(=O)c2n[nH]c3c2CCCCC3)C1. The lowest BCUT2D eigenvalue weighted by Gasteiger charge is -2.37. The predicted molar refractivity (Wildman–Crippen MR) is 66.5 cm³/mol. The average Bonchev–Trinajstić information content (AvgIpc) is 2.57. The maximum Gasteiger partial charge on any atom is 0.274 e. The standard InChI is InChI=1S/C13H19N3O2/c1-18-9-7-16(8-9)13(17)12-10-5-3-2-4-6-11(10)14-15-12/h9H,2-8H2,1H3,(H,14,15). The predicted octanol–water partition coefficient (Wildman–Crippen LogP) is 1.15. The summed E-state index contributed by atoms with van der Waals surface area (Å²) in [7, 11) is 1.69. The largest absolute Gasteiger partial charge is 0.378 e. The molecule has 98 valence electrons. The zero-order chi connectivity index (χ0) is 12.5. The van der Waals surface area contributed by atoms with E-state index in [-0.39, 0.29) is 12.0 Å². The van der Waals surface area contributed by atoms with E-state index in [4.69, 9.17) is 4.74 Å². The van der Waals surface area contributed by atoms with E-state index in [0.717, 1.165) is 24.8 Å². The molecule has 1 aromatic heterocycles. The molecule has 0 unspecified atom stereocenters. The van der Waals surface area contributed by atoms with Crippen molar-refractivity contribution in [3.8, 4) is 0 Å². The van der Waals surface area contributed by atoms with Crippen LogP contribution in [-0.2, 0) is 17.6 Å². The summed E-state index contributed by atoms with van der Waals surface area (Å²) in [4.78, 5) is 14.1. The van der Waals surface area contributed by atoms with Gasteiger partial charge in [-0.3, -0.25) is 9.89 Å². The van der Waals surface area contributed by atoms with Crippen LogP contribution in [0.15, 0.2) is 0 Å². The van der Waals surface area contributed by atoms with Crippen LogP contribution in [-0.4, -0.2) is 47.3 Å². The Bertz CT molecular complexity index is 449. The Kier molecular flexibility index (Phi) is 3.07. The fraction of sp³-hybridized carbons (Fsp3) is 0.692. The number of likely N-dealkylation sites (tertiary alicyclic amines) is 1. The van der Waals surface area contributed by atoms with E-state index >= 15 is 0 Å². The van der Waals surface area contributed by atoms with Gasteiger partial charge in [0.15, 0.2) is 5.69 Å². The first-order chi connectivity index (χ1) is 8.79. The minimum absolute atomic E-state index is 0.0581. The van der Waals surface area contributed by atoms with Crippen molar-refractivity contribution in [1.29, 1.82) is 0 Å². The van der Waals surface area contributed by atoms with Gasteiger partial charge in [-0.15, -0.1) is 0 Å². The van der Waals surface area contributed by atoms with Crippen LogP contribution >= 0.6 is 0 Å². The minimum atomic E-state index is 0.0581. The number of fused-ring (bicyclic) bond motifs is 1. The van der Waals surface area contributed by atoms with Crippen LogP contribution in [0.3, 0.4) is 0 Å². The van der Waals surface area contributed by atoms with Crippen LogP contribution in [0.5, 0.6) is 0 Å². The number of nitrogens with zero attached hydrogens (tertiary/aromatic N) is 2. The first-order valence-electron chi connectivity index (χ1n) is 6.67. The van der Waals surface area contributed by atoms with Crippen molar-refractivity contribution >= 4 is 5.91 Å². The molecule has 1 aliphatic carbocycles. The molecule has 1 amide bonds. The van der Waals surface area contributed by atoms with E-state index in [1.54, 1.807) is 7.11 Å². The molecule has 0 atom stereocenters. The lowest BCUT2D eigenvalue weighted by Crippen LogP contribution is -2.54. The van der Waals surface area contributed by atoms with Gasteiger partial charge in [0.1, 0.15) is 0 Å². The monoisotopic (exact) mass is 249 g/mol. The highest BCUT2D eigenvalue weighted by atomic mass is 16.5. The first kappa shape index (κ1) is 11.7. The Hall–Kier alpha value is -1.36. The van der Waals surface area contributed by atoms with Crippen molar-refractivity contribution in [2.75, 3.05) is 20.2 Å². The summed E-state index contributed by atoms with van der Waals surface area (Å²) in [6, 6.07) is 0. The number of H-pyrrole nitrogens is 1. The van der Waals surface area contributed by atoms with Gasteiger partial charge in [-0.2, -0.15) is 5.10 Å². The summed E-state index contributed by atoms with van der Waals surface area (Å²) in [5.41, 5.74) is 2.96. The molecule has 5 nitrogen and oxygen atoms in total. The first-order valence-corrected chi connectivity index (χ1v) is 6.67. The molecule has 1 saturated heterocycles. The Morgan fingerprint density at radius 2 is 2.11 bits per heavy atom. The number of aromatic amines is 1. The molecule has 0 bridgehead atoms. The smallest absolute Gasteiger partial charge is 0.274 e.